The van der Waals surface area contributed by atoms with Gasteiger partial charge in [-0.05, 0) is 46.5 Å². The van der Waals surface area contributed by atoms with E-state index in [-0.39, 0.29) is 23.5 Å². The van der Waals surface area contributed by atoms with E-state index in [4.69, 9.17) is 4.74 Å². The smallest absolute Gasteiger partial charge is 0.222 e. The van der Waals surface area contributed by atoms with Crippen molar-refractivity contribution < 1.29 is 19.4 Å². The number of β-amino-alcohol motifs (C(OH)–C–C–N with tert-alkyl or cyclic N) is 1. The Labute approximate surface area is 215 Å². The Morgan fingerprint density at radius 3 is 2.00 bits per heavy atom. The first-order valence-corrected chi connectivity index (χ1v) is 14.6. The SMILES string of the molecule is CCCCCCCCCCCCCC(=O)NCCCCCC(=O)N1C[C@H](O)C[C@H]1COC(C)(C)C. The first kappa shape index (κ1) is 31.9. The van der Waals surface area contributed by atoms with Crippen molar-refractivity contribution in [2.75, 3.05) is 19.7 Å². The van der Waals surface area contributed by atoms with Crippen LogP contribution in [0, 0.1) is 0 Å². The standard InChI is InChI=1S/C29H56N2O4/c1-5-6-7-8-9-10-11-12-13-14-16-19-27(33)30-21-18-15-17-20-28(34)31-23-26(32)22-25(31)24-35-29(2,3)4/h25-26,32H,5-24H2,1-4H3,(H,30,33)/t25-,26+/m0/s1. The van der Waals surface area contributed by atoms with E-state index in [1.807, 2.05) is 20.8 Å². The van der Waals surface area contributed by atoms with Crippen molar-refractivity contribution in [1.29, 1.82) is 0 Å². The summed E-state index contributed by atoms with van der Waals surface area (Å²) in [6.07, 6.45) is 18.1. The molecule has 0 bridgehead atoms. The molecule has 1 fully saturated rings. The molecular formula is C29H56N2O4. The number of aliphatic hydroxyl groups is 1. The zero-order valence-corrected chi connectivity index (χ0v) is 23.4. The Balaban J connectivity index is 1.98. The first-order valence-electron chi connectivity index (χ1n) is 14.6. The maximum absolute atomic E-state index is 12.6. The van der Waals surface area contributed by atoms with Crippen LogP contribution in [0.1, 0.15) is 137 Å². The van der Waals surface area contributed by atoms with Crippen LogP contribution >= 0.6 is 0 Å². The Morgan fingerprint density at radius 1 is 0.857 bits per heavy atom. The minimum Gasteiger partial charge on any atom is -0.391 e. The van der Waals surface area contributed by atoms with Crippen LogP contribution in [0.4, 0.5) is 0 Å². The number of unbranched alkanes of at least 4 members (excludes halogenated alkanes) is 12. The number of aliphatic hydroxyl groups excluding tert-OH is 1. The molecule has 0 radical (unpaired) electrons. The Bertz CT molecular complexity index is 561. The van der Waals surface area contributed by atoms with Gasteiger partial charge in [-0.15, -0.1) is 0 Å². The number of rotatable bonds is 20. The monoisotopic (exact) mass is 496 g/mol. The van der Waals surface area contributed by atoms with Gasteiger partial charge < -0.3 is 20.1 Å². The molecule has 6 nitrogen and oxygen atoms in total. The summed E-state index contributed by atoms with van der Waals surface area (Å²) in [4.78, 5) is 26.4. The van der Waals surface area contributed by atoms with Gasteiger partial charge in [0.25, 0.3) is 0 Å². The lowest BCUT2D eigenvalue weighted by Gasteiger charge is -2.28. The normalized spacial score (nSPS) is 18.3. The number of nitrogens with zero attached hydrogens (tertiary/aromatic N) is 1. The summed E-state index contributed by atoms with van der Waals surface area (Å²) in [5, 5.41) is 13.0. The van der Waals surface area contributed by atoms with Gasteiger partial charge >= 0.3 is 0 Å². The van der Waals surface area contributed by atoms with E-state index in [0.717, 1.165) is 32.1 Å². The minimum absolute atomic E-state index is 0.0356. The van der Waals surface area contributed by atoms with Gasteiger partial charge in [0, 0.05) is 25.9 Å². The number of nitrogens with one attached hydrogen (secondary N) is 1. The highest BCUT2D eigenvalue weighted by Crippen LogP contribution is 2.22. The number of carbonyl (C=O) groups excluding carboxylic acids is 2. The molecule has 0 aromatic heterocycles. The third-order valence-electron chi connectivity index (χ3n) is 6.82. The van der Waals surface area contributed by atoms with Crippen LogP contribution in [0.25, 0.3) is 0 Å². The number of hydrogen-bond donors (Lipinski definition) is 2. The van der Waals surface area contributed by atoms with Crippen LogP contribution in [0.3, 0.4) is 0 Å². The summed E-state index contributed by atoms with van der Waals surface area (Å²) in [5.74, 6) is 0.259. The van der Waals surface area contributed by atoms with Crippen LogP contribution in [-0.4, -0.2) is 59.3 Å². The molecular weight excluding hydrogens is 440 g/mol. The van der Waals surface area contributed by atoms with E-state index in [1.54, 1.807) is 4.90 Å². The quantitative estimate of drug-likeness (QED) is 0.198. The minimum atomic E-state index is -0.456. The lowest BCUT2D eigenvalue weighted by Crippen LogP contribution is -2.40. The molecule has 0 aromatic rings. The maximum atomic E-state index is 12.6. The highest BCUT2D eigenvalue weighted by atomic mass is 16.5. The van der Waals surface area contributed by atoms with E-state index >= 15 is 0 Å². The average molecular weight is 497 g/mol. The molecule has 6 heteroatoms. The van der Waals surface area contributed by atoms with E-state index in [2.05, 4.69) is 12.2 Å². The van der Waals surface area contributed by atoms with E-state index < -0.39 is 6.10 Å². The molecule has 1 aliphatic heterocycles. The molecule has 0 spiro atoms. The van der Waals surface area contributed by atoms with Gasteiger partial charge in [0.2, 0.25) is 11.8 Å². The Kier molecular flexibility index (Phi) is 17.3. The molecule has 1 saturated heterocycles. The van der Waals surface area contributed by atoms with Gasteiger partial charge in [-0.25, -0.2) is 0 Å². The summed E-state index contributed by atoms with van der Waals surface area (Å²) in [6, 6.07) is -0.0356. The maximum Gasteiger partial charge on any atom is 0.222 e. The fraction of sp³-hybridized carbons (Fsp3) is 0.931. The van der Waals surface area contributed by atoms with Gasteiger partial charge in [-0.3, -0.25) is 9.59 Å². The molecule has 1 rings (SSSR count). The third-order valence-corrected chi connectivity index (χ3v) is 6.82. The topological polar surface area (TPSA) is 78.9 Å². The second-order valence-corrected chi connectivity index (χ2v) is 11.5. The lowest BCUT2D eigenvalue weighted by atomic mass is 10.1. The summed E-state index contributed by atoms with van der Waals surface area (Å²) in [7, 11) is 0. The van der Waals surface area contributed by atoms with Crippen LogP contribution in [-0.2, 0) is 14.3 Å². The molecule has 206 valence electrons. The molecule has 35 heavy (non-hydrogen) atoms. The summed E-state index contributed by atoms with van der Waals surface area (Å²) in [5.41, 5.74) is -0.250. The van der Waals surface area contributed by atoms with Crippen LogP contribution < -0.4 is 5.32 Å². The summed E-state index contributed by atoms with van der Waals surface area (Å²) in [6.45, 7) is 9.83. The first-order chi connectivity index (χ1) is 16.7. The van der Waals surface area contributed by atoms with Crippen molar-refractivity contribution in [3.05, 3.63) is 0 Å². The van der Waals surface area contributed by atoms with Crippen molar-refractivity contribution in [1.82, 2.24) is 10.2 Å². The van der Waals surface area contributed by atoms with E-state index in [0.29, 0.717) is 39.0 Å². The van der Waals surface area contributed by atoms with Gasteiger partial charge in [0.05, 0.1) is 24.4 Å². The molecule has 0 saturated carbocycles. The third kappa shape index (κ3) is 17.0. The van der Waals surface area contributed by atoms with E-state index in [1.165, 1.54) is 57.8 Å². The summed E-state index contributed by atoms with van der Waals surface area (Å²) < 4.78 is 5.85. The molecule has 2 amide bonds. The van der Waals surface area contributed by atoms with Gasteiger partial charge in [-0.1, -0.05) is 77.6 Å². The van der Waals surface area contributed by atoms with E-state index in [9.17, 15) is 14.7 Å². The second-order valence-electron chi connectivity index (χ2n) is 11.5. The van der Waals surface area contributed by atoms with Gasteiger partial charge in [0.15, 0.2) is 0 Å². The Hall–Kier alpha value is -1.14. The van der Waals surface area contributed by atoms with Crippen molar-refractivity contribution in [3.8, 4) is 0 Å². The van der Waals surface area contributed by atoms with Crippen molar-refractivity contribution >= 4 is 11.8 Å². The average Bonchev–Trinajstić information content (AvgIpc) is 3.18. The molecule has 0 aliphatic carbocycles. The number of hydrogen-bond acceptors (Lipinski definition) is 4. The highest BCUT2D eigenvalue weighted by molar-refractivity contribution is 5.77. The van der Waals surface area contributed by atoms with Gasteiger partial charge in [-0.2, -0.15) is 0 Å². The van der Waals surface area contributed by atoms with Crippen molar-refractivity contribution in [3.63, 3.8) is 0 Å². The predicted octanol–water partition coefficient (Wildman–Crippen LogP) is 6.14. The molecule has 1 heterocycles. The van der Waals surface area contributed by atoms with Crippen molar-refractivity contribution in [2.45, 2.75) is 155 Å². The predicted molar refractivity (Wildman–Crippen MR) is 144 cm³/mol. The molecule has 1 aliphatic rings. The van der Waals surface area contributed by atoms with Gasteiger partial charge in [0.1, 0.15) is 0 Å². The second kappa shape index (κ2) is 19.0. The van der Waals surface area contributed by atoms with Crippen LogP contribution in [0.5, 0.6) is 0 Å². The number of likely N-dealkylation sites (tertiary alicyclic amines) is 1. The number of amides is 2. The molecule has 2 atom stereocenters. The molecule has 0 unspecified atom stereocenters. The highest BCUT2D eigenvalue weighted by Gasteiger charge is 2.34. The largest absolute Gasteiger partial charge is 0.391 e. The number of carbonyl (C=O) groups is 2. The summed E-state index contributed by atoms with van der Waals surface area (Å²) >= 11 is 0. The molecule has 0 aromatic carbocycles. The fourth-order valence-corrected chi connectivity index (χ4v) is 4.69. The van der Waals surface area contributed by atoms with Crippen LogP contribution in [0.15, 0.2) is 0 Å². The number of ether oxygens (including phenoxy) is 1. The lowest BCUT2D eigenvalue weighted by molar-refractivity contribution is -0.134. The zero-order chi connectivity index (χ0) is 25.9. The Morgan fingerprint density at radius 2 is 1.40 bits per heavy atom. The fourth-order valence-electron chi connectivity index (χ4n) is 4.69. The van der Waals surface area contributed by atoms with Crippen LogP contribution in [0.2, 0.25) is 0 Å². The van der Waals surface area contributed by atoms with Crippen molar-refractivity contribution in [2.24, 2.45) is 0 Å². The zero-order valence-electron chi connectivity index (χ0n) is 23.4. The molecule has 2 N–H and O–H groups in total.